The minimum atomic E-state index is -0.879. The molecule has 0 aliphatic heterocycles. The van der Waals surface area contributed by atoms with Crippen LogP contribution in [0.2, 0.25) is 0 Å². The molecule has 0 amide bonds. The molecule has 5 nitrogen and oxygen atoms in total. The van der Waals surface area contributed by atoms with Crippen LogP contribution in [0.15, 0.2) is 42.7 Å². The molecule has 5 heteroatoms. The van der Waals surface area contributed by atoms with E-state index in [0.717, 1.165) is 5.56 Å². The SMILES string of the molecule is CC(C)C[C@H](Nc1cncc(-c2ccccc2)n1)C(=O)O. The van der Waals surface area contributed by atoms with Gasteiger partial charge in [0.1, 0.15) is 11.9 Å². The molecule has 0 aliphatic carbocycles. The summed E-state index contributed by atoms with van der Waals surface area (Å²) >= 11 is 0. The van der Waals surface area contributed by atoms with Gasteiger partial charge in [0.25, 0.3) is 0 Å². The number of carboxylic acid groups (broad SMARTS) is 1. The van der Waals surface area contributed by atoms with Crippen LogP contribution in [0.3, 0.4) is 0 Å². The number of anilines is 1. The number of hydrogen-bond donors (Lipinski definition) is 2. The zero-order valence-corrected chi connectivity index (χ0v) is 12.2. The summed E-state index contributed by atoms with van der Waals surface area (Å²) in [6.45, 7) is 3.98. The summed E-state index contributed by atoms with van der Waals surface area (Å²) in [5.74, 6) is -0.121. The number of aromatic nitrogens is 2. The maximum absolute atomic E-state index is 11.3. The fourth-order valence-electron chi connectivity index (χ4n) is 2.05. The summed E-state index contributed by atoms with van der Waals surface area (Å²) in [4.78, 5) is 19.9. The third-order valence-corrected chi connectivity index (χ3v) is 3.03. The van der Waals surface area contributed by atoms with Crippen LogP contribution in [0.1, 0.15) is 20.3 Å². The Hall–Kier alpha value is -2.43. The Bertz CT molecular complexity index is 599. The average molecular weight is 285 g/mol. The van der Waals surface area contributed by atoms with Gasteiger partial charge in [-0.2, -0.15) is 0 Å². The van der Waals surface area contributed by atoms with Crippen LogP contribution < -0.4 is 5.32 Å². The van der Waals surface area contributed by atoms with Crippen LogP contribution in [0.25, 0.3) is 11.3 Å². The third kappa shape index (κ3) is 4.27. The summed E-state index contributed by atoms with van der Waals surface area (Å²) in [7, 11) is 0. The van der Waals surface area contributed by atoms with Crippen molar-refractivity contribution in [3.8, 4) is 11.3 Å². The second kappa shape index (κ2) is 6.83. The Morgan fingerprint density at radius 3 is 2.57 bits per heavy atom. The first-order chi connectivity index (χ1) is 10.1. The van der Waals surface area contributed by atoms with Crippen molar-refractivity contribution < 1.29 is 9.90 Å². The van der Waals surface area contributed by atoms with E-state index in [1.807, 2.05) is 44.2 Å². The average Bonchev–Trinajstić information content (AvgIpc) is 2.47. The summed E-state index contributed by atoms with van der Waals surface area (Å²) in [5.41, 5.74) is 1.67. The number of nitrogens with one attached hydrogen (secondary N) is 1. The van der Waals surface area contributed by atoms with Gasteiger partial charge in [-0.1, -0.05) is 44.2 Å². The van der Waals surface area contributed by atoms with Crippen LogP contribution in [-0.4, -0.2) is 27.1 Å². The standard InChI is InChI=1S/C16H19N3O2/c1-11(2)8-13(16(20)21)18-15-10-17-9-14(19-15)12-6-4-3-5-7-12/h3-7,9-11,13H,8H2,1-2H3,(H,18,19)(H,20,21)/t13-/m0/s1. The lowest BCUT2D eigenvalue weighted by Gasteiger charge is -2.17. The predicted octanol–water partition coefficient (Wildman–Crippen LogP) is 3.05. The first-order valence-corrected chi connectivity index (χ1v) is 6.93. The zero-order chi connectivity index (χ0) is 15.2. The molecule has 2 rings (SSSR count). The molecular formula is C16H19N3O2. The zero-order valence-electron chi connectivity index (χ0n) is 12.2. The Labute approximate surface area is 124 Å². The van der Waals surface area contributed by atoms with Gasteiger partial charge in [-0.25, -0.2) is 9.78 Å². The number of nitrogens with zero attached hydrogens (tertiary/aromatic N) is 2. The number of hydrogen-bond acceptors (Lipinski definition) is 4. The lowest BCUT2D eigenvalue weighted by atomic mass is 10.0. The monoisotopic (exact) mass is 285 g/mol. The van der Waals surface area contributed by atoms with E-state index in [2.05, 4.69) is 15.3 Å². The maximum Gasteiger partial charge on any atom is 0.326 e. The van der Waals surface area contributed by atoms with E-state index in [1.54, 1.807) is 12.4 Å². The minimum Gasteiger partial charge on any atom is -0.480 e. The van der Waals surface area contributed by atoms with Gasteiger partial charge in [-0.05, 0) is 12.3 Å². The quantitative estimate of drug-likeness (QED) is 0.853. The lowest BCUT2D eigenvalue weighted by Crippen LogP contribution is -2.31. The van der Waals surface area contributed by atoms with Crippen LogP contribution >= 0.6 is 0 Å². The molecule has 1 aromatic carbocycles. The molecule has 0 aliphatic rings. The van der Waals surface area contributed by atoms with Crippen LogP contribution in [0, 0.1) is 5.92 Å². The van der Waals surface area contributed by atoms with E-state index in [4.69, 9.17) is 0 Å². The summed E-state index contributed by atoms with van der Waals surface area (Å²) in [6, 6.07) is 9.01. The maximum atomic E-state index is 11.3. The number of benzene rings is 1. The molecule has 110 valence electrons. The highest BCUT2D eigenvalue weighted by atomic mass is 16.4. The molecule has 0 unspecified atom stereocenters. The van der Waals surface area contributed by atoms with Crippen molar-refractivity contribution in [3.05, 3.63) is 42.7 Å². The molecule has 0 saturated carbocycles. The van der Waals surface area contributed by atoms with Gasteiger partial charge < -0.3 is 10.4 Å². The molecule has 0 saturated heterocycles. The number of rotatable bonds is 6. The Balaban J connectivity index is 2.19. The first-order valence-electron chi connectivity index (χ1n) is 6.93. The molecule has 1 aromatic heterocycles. The van der Waals surface area contributed by atoms with Gasteiger partial charge in [0.2, 0.25) is 0 Å². The largest absolute Gasteiger partial charge is 0.480 e. The van der Waals surface area contributed by atoms with Crippen molar-refractivity contribution in [2.24, 2.45) is 5.92 Å². The molecule has 2 aromatic rings. The highest BCUT2D eigenvalue weighted by molar-refractivity contribution is 5.77. The van der Waals surface area contributed by atoms with Gasteiger partial charge in [0, 0.05) is 5.56 Å². The molecule has 0 fully saturated rings. The van der Waals surface area contributed by atoms with Gasteiger partial charge in [-0.3, -0.25) is 4.98 Å². The second-order valence-corrected chi connectivity index (χ2v) is 5.32. The van der Waals surface area contributed by atoms with Gasteiger partial charge in [0.05, 0.1) is 18.1 Å². The van der Waals surface area contributed by atoms with Crippen molar-refractivity contribution in [1.82, 2.24) is 9.97 Å². The number of carbonyl (C=O) groups is 1. The third-order valence-electron chi connectivity index (χ3n) is 3.03. The van der Waals surface area contributed by atoms with E-state index in [9.17, 15) is 9.90 Å². The smallest absolute Gasteiger partial charge is 0.326 e. The summed E-state index contributed by atoms with van der Waals surface area (Å²) in [5, 5.41) is 12.2. The normalized spacial score (nSPS) is 12.1. The molecular weight excluding hydrogens is 266 g/mol. The van der Waals surface area contributed by atoms with Crippen LogP contribution in [0.4, 0.5) is 5.82 Å². The van der Waals surface area contributed by atoms with E-state index in [1.165, 1.54) is 0 Å². The Kier molecular flexibility index (Phi) is 4.87. The molecule has 2 N–H and O–H groups in total. The molecule has 21 heavy (non-hydrogen) atoms. The summed E-state index contributed by atoms with van der Waals surface area (Å²) in [6.07, 6.45) is 3.74. The Morgan fingerprint density at radius 1 is 1.24 bits per heavy atom. The lowest BCUT2D eigenvalue weighted by molar-refractivity contribution is -0.138. The van der Waals surface area contributed by atoms with Crippen molar-refractivity contribution in [2.45, 2.75) is 26.3 Å². The highest BCUT2D eigenvalue weighted by Crippen LogP contribution is 2.18. The van der Waals surface area contributed by atoms with Gasteiger partial charge >= 0.3 is 5.97 Å². The van der Waals surface area contributed by atoms with Crippen molar-refractivity contribution in [1.29, 1.82) is 0 Å². The fraction of sp³-hybridized carbons (Fsp3) is 0.312. The predicted molar refractivity (Wildman–Crippen MR) is 82.0 cm³/mol. The van der Waals surface area contributed by atoms with E-state index >= 15 is 0 Å². The van der Waals surface area contributed by atoms with Crippen molar-refractivity contribution in [2.75, 3.05) is 5.32 Å². The van der Waals surface area contributed by atoms with E-state index < -0.39 is 12.0 Å². The topological polar surface area (TPSA) is 75.1 Å². The van der Waals surface area contributed by atoms with Gasteiger partial charge in [0.15, 0.2) is 0 Å². The van der Waals surface area contributed by atoms with E-state index in [-0.39, 0.29) is 5.92 Å². The number of carboxylic acids is 1. The van der Waals surface area contributed by atoms with Crippen LogP contribution in [-0.2, 0) is 4.79 Å². The minimum absolute atomic E-state index is 0.281. The highest BCUT2D eigenvalue weighted by Gasteiger charge is 2.19. The van der Waals surface area contributed by atoms with Crippen molar-refractivity contribution in [3.63, 3.8) is 0 Å². The van der Waals surface area contributed by atoms with Crippen molar-refractivity contribution >= 4 is 11.8 Å². The van der Waals surface area contributed by atoms with Crippen LogP contribution in [0.5, 0.6) is 0 Å². The molecule has 1 atom stereocenters. The van der Waals surface area contributed by atoms with E-state index in [0.29, 0.717) is 17.9 Å². The van der Waals surface area contributed by atoms with Gasteiger partial charge in [-0.15, -0.1) is 0 Å². The summed E-state index contributed by atoms with van der Waals surface area (Å²) < 4.78 is 0. The molecule has 0 spiro atoms. The Morgan fingerprint density at radius 2 is 1.95 bits per heavy atom. The molecule has 1 heterocycles. The fourth-order valence-corrected chi connectivity index (χ4v) is 2.05. The molecule has 0 bridgehead atoms. The second-order valence-electron chi connectivity index (χ2n) is 5.32. The number of aliphatic carboxylic acids is 1. The molecule has 0 radical (unpaired) electrons. The first kappa shape index (κ1) is 15.0.